The van der Waals surface area contributed by atoms with Gasteiger partial charge in [0.25, 0.3) is 10.0 Å². The van der Waals surface area contributed by atoms with Crippen LogP contribution in [0.2, 0.25) is 0 Å². The maximum absolute atomic E-state index is 13.6. The molecule has 0 aliphatic carbocycles. The zero-order valence-corrected chi connectivity index (χ0v) is 14.6. The van der Waals surface area contributed by atoms with Crippen molar-refractivity contribution in [2.45, 2.75) is 11.7 Å². The van der Waals surface area contributed by atoms with Crippen LogP contribution in [0.4, 0.5) is 4.39 Å². The Morgan fingerprint density at radius 3 is 2.65 bits per heavy atom. The summed E-state index contributed by atoms with van der Waals surface area (Å²) < 4.78 is 48.9. The second kappa shape index (κ2) is 6.81. The normalized spacial score (nSPS) is 11.7. The summed E-state index contributed by atoms with van der Waals surface area (Å²) >= 11 is 3.14. The van der Waals surface area contributed by atoms with Crippen molar-refractivity contribution in [1.82, 2.24) is 4.31 Å². The van der Waals surface area contributed by atoms with Crippen LogP contribution < -0.4 is 0 Å². The fraction of sp³-hybridized carbons (Fsp3) is 0.214. The summed E-state index contributed by atoms with van der Waals surface area (Å²) in [5.74, 6) is -1.46. The molecule has 1 aromatic heterocycles. The molecule has 0 atom stereocenters. The smallest absolute Gasteiger partial charge is 0.341 e. The van der Waals surface area contributed by atoms with Crippen LogP contribution in [0.1, 0.15) is 16.1 Å². The SMILES string of the molecule is CN(C)S(=O)(=O)c1ccc(COC(=O)c2cc(Br)ccc2F)o1. The van der Waals surface area contributed by atoms with E-state index in [2.05, 4.69) is 15.9 Å². The van der Waals surface area contributed by atoms with E-state index in [1.165, 1.54) is 38.4 Å². The summed E-state index contributed by atoms with van der Waals surface area (Å²) in [4.78, 5) is 11.9. The average Bonchev–Trinajstić information content (AvgIpc) is 2.96. The molecule has 0 fully saturated rings. The molecule has 1 heterocycles. The fourth-order valence-corrected chi connectivity index (χ4v) is 2.80. The number of halogens is 2. The molecule has 0 spiro atoms. The van der Waals surface area contributed by atoms with Gasteiger partial charge in [0.05, 0.1) is 5.56 Å². The molecular weight excluding hydrogens is 393 g/mol. The molecule has 0 amide bonds. The van der Waals surface area contributed by atoms with Crippen LogP contribution in [0, 0.1) is 5.82 Å². The van der Waals surface area contributed by atoms with E-state index in [-0.39, 0.29) is 23.0 Å². The van der Waals surface area contributed by atoms with Crippen LogP contribution in [0.3, 0.4) is 0 Å². The van der Waals surface area contributed by atoms with E-state index in [4.69, 9.17) is 9.15 Å². The van der Waals surface area contributed by atoms with Crippen LogP contribution in [-0.2, 0) is 21.4 Å². The number of nitrogens with zero attached hydrogens (tertiary/aromatic N) is 1. The van der Waals surface area contributed by atoms with Gasteiger partial charge in [-0.15, -0.1) is 0 Å². The molecule has 0 bridgehead atoms. The number of hydrogen-bond donors (Lipinski definition) is 0. The summed E-state index contributed by atoms with van der Waals surface area (Å²) in [6, 6.07) is 6.52. The number of ether oxygens (including phenoxy) is 1. The molecule has 0 unspecified atom stereocenters. The molecule has 124 valence electrons. The second-order valence-electron chi connectivity index (χ2n) is 4.71. The van der Waals surface area contributed by atoms with Crippen LogP contribution in [0.25, 0.3) is 0 Å². The summed E-state index contributed by atoms with van der Waals surface area (Å²) in [5, 5.41) is -0.262. The molecule has 0 N–H and O–H groups in total. The van der Waals surface area contributed by atoms with Crippen molar-refractivity contribution in [3.05, 3.63) is 51.9 Å². The highest BCUT2D eigenvalue weighted by atomic mass is 79.9. The number of esters is 1. The Morgan fingerprint density at radius 2 is 2.00 bits per heavy atom. The van der Waals surface area contributed by atoms with Gasteiger partial charge in [0.15, 0.2) is 0 Å². The van der Waals surface area contributed by atoms with Crippen LogP contribution in [-0.4, -0.2) is 32.8 Å². The predicted octanol–water partition coefficient (Wildman–Crippen LogP) is 2.79. The number of rotatable bonds is 5. The van der Waals surface area contributed by atoms with Crippen molar-refractivity contribution in [3.63, 3.8) is 0 Å². The standard InChI is InChI=1S/C14H13BrFNO5S/c1-17(2)23(19,20)13-6-4-10(22-13)8-21-14(18)11-7-9(15)3-5-12(11)16/h3-7H,8H2,1-2H3. The highest BCUT2D eigenvalue weighted by Crippen LogP contribution is 2.19. The first kappa shape index (κ1) is 17.6. The number of carbonyl (C=O) groups is 1. The third-order valence-electron chi connectivity index (χ3n) is 2.87. The highest BCUT2D eigenvalue weighted by Gasteiger charge is 2.22. The predicted molar refractivity (Wildman–Crippen MR) is 82.8 cm³/mol. The third-order valence-corrected chi connectivity index (χ3v) is 5.05. The lowest BCUT2D eigenvalue weighted by Gasteiger charge is -2.08. The van der Waals surface area contributed by atoms with Gasteiger partial charge in [-0.05, 0) is 30.3 Å². The summed E-state index contributed by atoms with van der Waals surface area (Å²) in [6.45, 7) is -0.312. The van der Waals surface area contributed by atoms with Gasteiger partial charge in [-0.3, -0.25) is 0 Å². The molecule has 2 rings (SSSR count). The van der Waals surface area contributed by atoms with Gasteiger partial charge in [0.1, 0.15) is 18.2 Å². The zero-order chi connectivity index (χ0) is 17.2. The van der Waals surface area contributed by atoms with E-state index in [0.29, 0.717) is 4.47 Å². The number of carbonyl (C=O) groups excluding carboxylic acids is 1. The number of furan rings is 1. The Bertz CT molecular complexity index is 831. The molecule has 9 heteroatoms. The largest absolute Gasteiger partial charge is 0.454 e. The van der Waals surface area contributed by atoms with E-state index in [0.717, 1.165) is 10.4 Å². The minimum Gasteiger partial charge on any atom is -0.454 e. The van der Waals surface area contributed by atoms with Crippen molar-refractivity contribution in [2.24, 2.45) is 0 Å². The Hall–Kier alpha value is -1.71. The quantitative estimate of drug-likeness (QED) is 0.714. The van der Waals surface area contributed by atoms with Crippen LogP contribution in [0.5, 0.6) is 0 Å². The molecule has 6 nitrogen and oxygen atoms in total. The van der Waals surface area contributed by atoms with Gasteiger partial charge in [-0.25, -0.2) is 21.9 Å². The molecule has 0 aliphatic rings. The van der Waals surface area contributed by atoms with Crippen molar-refractivity contribution < 1.29 is 26.8 Å². The second-order valence-corrected chi connectivity index (χ2v) is 7.71. The molecule has 0 saturated carbocycles. The van der Waals surface area contributed by atoms with Gasteiger partial charge in [0.2, 0.25) is 5.09 Å². The first-order valence-corrected chi connectivity index (χ1v) is 8.58. The molecule has 1 aromatic carbocycles. The maximum atomic E-state index is 13.6. The Labute approximate surface area is 141 Å². The molecule has 23 heavy (non-hydrogen) atoms. The summed E-state index contributed by atoms with van der Waals surface area (Å²) in [5.41, 5.74) is -0.230. The average molecular weight is 406 g/mol. The Kier molecular flexibility index (Phi) is 5.23. The molecule has 2 aromatic rings. The van der Waals surface area contributed by atoms with Gasteiger partial charge < -0.3 is 9.15 Å². The molecular formula is C14H13BrFNO5S. The van der Waals surface area contributed by atoms with Crippen LogP contribution >= 0.6 is 15.9 Å². The number of benzene rings is 1. The Morgan fingerprint density at radius 1 is 1.30 bits per heavy atom. The summed E-state index contributed by atoms with van der Waals surface area (Å²) in [7, 11) is -0.962. The minimum absolute atomic E-state index is 0.133. The van der Waals surface area contributed by atoms with Crippen molar-refractivity contribution >= 4 is 31.9 Å². The van der Waals surface area contributed by atoms with E-state index in [1.54, 1.807) is 0 Å². The van der Waals surface area contributed by atoms with Gasteiger partial charge in [0, 0.05) is 18.6 Å². The number of hydrogen-bond acceptors (Lipinski definition) is 5. The van der Waals surface area contributed by atoms with E-state index < -0.39 is 21.8 Å². The molecule has 0 radical (unpaired) electrons. The van der Waals surface area contributed by atoms with E-state index >= 15 is 0 Å². The maximum Gasteiger partial charge on any atom is 0.341 e. The summed E-state index contributed by atoms with van der Waals surface area (Å²) in [6.07, 6.45) is 0. The van der Waals surface area contributed by atoms with Crippen LogP contribution in [0.15, 0.2) is 44.3 Å². The lowest BCUT2D eigenvalue weighted by atomic mass is 10.2. The van der Waals surface area contributed by atoms with Crippen molar-refractivity contribution in [1.29, 1.82) is 0 Å². The van der Waals surface area contributed by atoms with E-state index in [9.17, 15) is 17.6 Å². The lowest BCUT2D eigenvalue weighted by Crippen LogP contribution is -2.21. The van der Waals surface area contributed by atoms with Gasteiger partial charge in [-0.2, -0.15) is 0 Å². The number of sulfonamides is 1. The monoisotopic (exact) mass is 405 g/mol. The van der Waals surface area contributed by atoms with Crippen molar-refractivity contribution in [3.8, 4) is 0 Å². The zero-order valence-electron chi connectivity index (χ0n) is 12.2. The Balaban J connectivity index is 2.09. The third kappa shape index (κ3) is 3.98. The molecule has 0 aliphatic heterocycles. The highest BCUT2D eigenvalue weighted by molar-refractivity contribution is 9.10. The first-order chi connectivity index (χ1) is 10.7. The molecule has 0 saturated heterocycles. The topological polar surface area (TPSA) is 76.8 Å². The van der Waals surface area contributed by atoms with Gasteiger partial charge in [-0.1, -0.05) is 15.9 Å². The fourth-order valence-electron chi connectivity index (χ4n) is 1.62. The first-order valence-electron chi connectivity index (χ1n) is 6.35. The van der Waals surface area contributed by atoms with Gasteiger partial charge >= 0.3 is 5.97 Å². The lowest BCUT2D eigenvalue weighted by molar-refractivity contribution is 0.0435. The van der Waals surface area contributed by atoms with Crippen molar-refractivity contribution in [2.75, 3.05) is 14.1 Å². The minimum atomic E-state index is -3.70. The van der Waals surface area contributed by atoms with E-state index in [1.807, 2.05) is 0 Å².